The lowest BCUT2D eigenvalue weighted by molar-refractivity contribution is 0.670. The van der Waals surface area contributed by atoms with Gasteiger partial charge in [-0.05, 0) is 71.1 Å². The smallest absolute Gasteiger partial charge is 0.160 e. The third kappa shape index (κ3) is 5.85. The number of furan rings is 1. The minimum atomic E-state index is 0.671. The molecule has 0 saturated heterocycles. The summed E-state index contributed by atoms with van der Waals surface area (Å²) in [5.41, 5.74) is 13.7. The molecule has 0 fully saturated rings. The van der Waals surface area contributed by atoms with Gasteiger partial charge in [-0.25, -0.2) is 15.0 Å². The normalized spacial score (nSPS) is 12.5. The van der Waals surface area contributed by atoms with Gasteiger partial charge in [0.05, 0.1) is 22.6 Å². The predicted molar refractivity (Wildman–Crippen MR) is 250 cm³/mol. The molecule has 4 nitrogen and oxygen atoms in total. The second kappa shape index (κ2) is 14.1. The van der Waals surface area contributed by atoms with Crippen molar-refractivity contribution in [2.45, 2.75) is 12.8 Å². The fourth-order valence-corrected chi connectivity index (χ4v) is 10.1. The van der Waals surface area contributed by atoms with Crippen LogP contribution in [0.25, 0.3) is 122 Å². The van der Waals surface area contributed by atoms with Crippen LogP contribution in [0.3, 0.4) is 0 Å². The van der Waals surface area contributed by atoms with Gasteiger partial charge in [0.1, 0.15) is 11.2 Å². The Morgan fingerprint density at radius 1 is 0.450 bits per heavy atom. The highest BCUT2D eigenvalue weighted by molar-refractivity contribution is 7.18. The van der Waals surface area contributed by atoms with Crippen LogP contribution < -0.4 is 9.75 Å². The molecule has 1 aliphatic rings. The maximum absolute atomic E-state index is 6.67. The van der Waals surface area contributed by atoms with E-state index >= 15 is 0 Å². The molecule has 4 aromatic heterocycles. The van der Waals surface area contributed by atoms with Crippen molar-refractivity contribution >= 4 is 66.4 Å². The first kappa shape index (κ1) is 34.6. The number of benzene rings is 7. The Balaban J connectivity index is 1.13. The van der Waals surface area contributed by atoms with Crippen LogP contribution in [0.2, 0.25) is 0 Å². The molecule has 0 amide bonds. The van der Waals surface area contributed by atoms with Crippen molar-refractivity contribution < 1.29 is 4.42 Å². The Morgan fingerprint density at radius 2 is 1.08 bits per heavy atom. The van der Waals surface area contributed by atoms with Crippen LogP contribution >= 0.6 is 11.3 Å². The van der Waals surface area contributed by atoms with Crippen LogP contribution in [0, 0.1) is 0 Å². The van der Waals surface area contributed by atoms with Gasteiger partial charge in [0.15, 0.2) is 5.82 Å². The molecule has 4 heterocycles. The van der Waals surface area contributed by atoms with E-state index in [9.17, 15) is 0 Å². The third-order valence-corrected chi connectivity index (χ3v) is 12.9. The molecule has 0 bridgehead atoms. The van der Waals surface area contributed by atoms with Gasteiger partial charge in [-0.1, -0.05) is 152 Å². The summed E-state index contributed by atoms with van der Waals surface area (Å²) in [5, 5.41) is 5.88. The maximum atomic E-state index is 6.67. The Labute approximate surface area is 350 Å². The van der Waals surface area contributed by atoms with Crippen LogP contribution in [0.15, 0.2) is 180 Å². The van der Waals surface area contributed by atoms with Crippen molar-refractivity contribution in [1.29, 1.82) is 0 Å². The standard InChI is InChI=1S/C55H35N3OS/c1-3-14-34(15-4-1)35-26-28-36(29-27-35)47-33-48(58-55(57-47)37-16-5-2-6-17-37)39-30-38(41-21-13-22-43-42-18-8-11-24-49(42)59-53(41)43)31-40(32-39)52-51-45-20-9-12-25-50(45)60-54(51)44-19-7-10-23-46(44)56-52/h1-8,10-11,13-33H,9,12H2. The van der Waals surface area contributed by atoms with Gasteiger partial charge >= 0.3 is 0 Å². The summed E-state index contributed by atoms with van der Waals surface area (Å²) in [7, 11) is 0. The number of pyridine rings is 1. The lowest BCUT2D eigenvalue weighted by Crippen LogP contribution is -2.21. The van der Waals surface area contributed by atoms with Gasteiger partial charge in [0.2, 0.25) is 0 Å². The first-order chi connectivity index (χ1) is 29.7. The van der Waals surface area contributed by atoms with E-state index in [2.05, 4.69) is 152 Å². The van der Waals surface area contributed by atoms with E-state index < -0.39 is 0 Å². The third-order valence-electron chi connectivity index (χ3n) is 11.7. The van der Waals surface area contributed by atoms with Crippen molar-refractivity contribution in [2.24, 2.45) is 0 Å². The van der Waals surface area contributed by atoms with E-state index in [0.717, 1.165) is 96.3 Å². The molecule has 11 aromatic rings. The van der Waals surface area contributed by atoms with Crippen LogP contribution in [0.5, 0.6) is 0 Å². The zero-order chi connectivity index (χ0) is 39.6. The van der Waals surface area contributed by atoms with Crippen molar-refractivity contribution in [3.8, 4) is 67.4 Å². The van der Waals surface area contributed by atoms with Crippen LogP contribution in [0.4, 0.5) is 0 Å². The average Bonchev–Trinajstić information content (AvgIpc) is 3.91. The molecule has 0 atom stereocenters. The monoisotopic (exact) mass is 785 g/mol. The zero-order valence-corrected chi connectivity index (χ0v) is 33.3. The SMILES string of the molecule is C1=c2sc3c(c(-c4cc(-c5cc(-c6ccc(-c7ccccc7)cc6)nc(-c6ccccc6)n5)cc(-c5cccc6c5oc5ccccc56)c4)nc4ccccc43)c2=CCC1. The van der Waals surface area contributed by atoms with Crippen LogP contribution in [-0.4, -0.2) is 15.0 Å². The summed E-state index contributed by atoms with van der Waals surface area (Å²) >= 11 is 1.88. The number of hydrogen-bond acceptors (Lipinski definition) is 5. The Kier molecular flexibility index (Phi) is 8.13. The number of rotatable bonds is 6. The zero-order valence-electron chi connectivity index (χ0n) is 32.5. The van der Waals surface area contributed by atoms with Crippen molar-refractivity contribution in [1.82, 2.24) is 15.0 Å². The number of thiophene rings is 1. The number of hydrogen-bond donors (Lipinski definition) is 0. The van der Waals surface area contributed by atoms with E-state index in [0.29, 0.717) is 5.82 Å². The van der Waals surface area contributed by atoms with E-state index in [1.54, 1.807) is 0 Å². The molecular formula is C55H35N3OS. The molecule has 0 N–H and O–H groups in total. The highest BCUT2D eigenvalue weighted by atomic mass is 32.1. The van der Waals surface area contributed by atoms with E-state index in [-0.39, 0.29) is 0 Å². The lowest BCUT2D eigenvalue weighted by atomic mass is 9.93. The minimum absolute atomic E-state index is 0.671. The molecule has 282 valence electrons. The lowest BCUT2D eigenvalue weighted by Gasteiger charge is -2.14. The molecule has 5 heteroatoms. The second-order valence-corrected chi connectivity index (χ2v) is 16.5. The van der Waals surface area contributed by atoms with Gasteiger partial charge in [0, 0.05) is 58.6 Å². The fourth-order valence-electron chi connectivity index (χ4n) is 8.80. The number of fused-ring (bicyclic) bond motifs is 8. The molecule has 12 rings (SSSR count). The summed E-state index contributed by atoms with van der Waals surface area (Å²) in [6.07, 6.45) is 6.86. The van der Waals surface area contributed by atoms with Gasteiger partial charge in [-0.15, -0.1) is 11.3 Å². The van der Waals surface area contributed by atoms with Crippen molar-refractivity contribution in [3.63, 3.8) is 0 Å². The second-order valence-electron chi connectivity index (χ2n) is 15.4. The highest BCUT2D eigenvalue weighted by Crippen LogP contribution is 2.41. The van der Waals surface area contributed by atoms with Crippen molar-refractivity contribution in [2.75, 3.05) is 0 Å². The largest absolute Gasteiger partial charge is 0.455 e. The Morgan fingerprint density at radius 3 is 1.92 bits per heavy atom. The first-order valence-corrected chi connectivity index (χ1v) is 21.2. The quantitative estimate of drug-likeness (QED) is 0.168. The first-order valence-electron chi connectivity index (χ1n) is 20.4. The molecule has 0 spiro atoms. The van der Waals surface area contributed by atoms with Gasteiger partial charge in [-0.3, -0.25) is 0 Å². The molecule has 60 heavy (non-hydrogen) atoms. The van der Waals surface area contributed by atoms with Gasteiger partial charge in [-0.2, -0.15) is 0 Å². The van der Waals surface area contributed by atoms with E-state index in [4.69, 9.17) is 19.4 Å². The Hall–Kier alpha value is -7.47. The fraction of sp³-hybridized carbons (Fsp3) is 0.0364. The molecule has 7 aromatic carbocycles. The summed E-state index contributed by atoms with van der Waals surface area (Å²) in [4.78, 5) is 16.0. The molecular weight excluding hydrogens is 751 g/mol. The van der Waals surface area contributed by atoms with Gasteiger partial charge < -0.3 is 4.42 Å². The number of nitrogens with zero attached hydrogens (tertiary/aromatic N) is 3. The highest BCUT2D eigenvalue weighted by Gasteiger charge is 2.20. The molecule has 1 aliphatic carbocycles. The van der Waals surface area contributed by atoms with Crippen LogP contribution in [0.1, 0.15) is 12.8 Å². The Bertz CT molecular complexity index is 3590. The van der Waals surface area contributed by atoms with Crippen LogP contribution in [-0.2, 0) is 0 Å². The molecule has 0 saturated carbocycles. The maximum Gasteiger partial charge on any atom is 0.160 e. The minimum Gasteiger partial charge on any atom is -0.455 e. The topological polar surface area (TPSA) is 51.8 Å². The summed E-state index contributed by atoms with van der Waals surface area (Å²) in [6, 6.07) is 61.7. The van der Waals surface area contributed by atoms with E-state index in [1.807, 2.05) is 47.7 Å². The summed E-state index contributed by atoms with van der Waals surface area (Å²) < 4.78 is 9.26. The molecule has 0 unspecified atom stereocenters. The summed E-state index contributed by atoms with van der Waals surface area (Å²) in [6.45, 7) is 0. The average molecular weight is 786 g/mol. The number of aromatic nitrogens is 3. The summed E-state index contributed by atoms with van der Waals surface area (Å²) in [5.74, 6) is 0.671. The number of para-hydroxylation sites is 3. The predicted octanol–water partition coefficient (Wildman–Crippen LogP) is 13.5. The van der Waals surface area contributed by atoms with Gasteiger partial charge in [0.25, 0.3) is 0 Å². The molecule has 0 aliphatic heterocycles. The van der Waals surface area contributed by atoms with E-state index in [1.165, 1.54) is 30.8 Å². The molecule has 0 radical (unpaired) electrons. The van der Waals surface area contributed by atoms with Crippen molar-refractivity contribution in [3.05, 3.63) is 186 Å².